The summed E-state index contributed by atoms with van der Waals surface area (Å²) in [7, 11) is -1.67. The van der Waals surface area contributed by atoms with E-state index < -0.39 is 10.2 Å². The van der Waals surface area contributed by atoms with Gasteiger partial charge in [0.15, 0.2) is 0 Å². The monoisotopic (exact) mass is 240 g/mol. The highest BCUT2D eigenvalue weighted by Crippen LogP contribution is 2.15. The van der Waals surface area contributed by atoms with Crippen LogP contribution in [0.25, 0.3) is 0 Å². The Hall–Kier alpha value is 0.160. The molecule has 4 nitrogen and oxygen atoms in total. The van der Waals surface area contributed by atoms with Crippen molar-refractivity contribution in [1.82, 2.24) is 8.61 Å². The molecule has 0 radical (unpaired) electrons. The molecule has 1 rings (SSSR count). The van der Waals surface area contributed by atoms with Crippen molar-refractivity contribution in [3.8, 4) is 0 Å². The third kappa shape index (κ3) is 2.82. The number of hydrogen-bond acceptors (Lipinski definition) is 2. The van der Waals surface area contributed by atoms with Crippen LogP contribution in [0.15, 0.2) is 0 Å². The minimum atomic E-state index is -3.24. The summed E-state index contributed by atoms with van der Waals surface area (Å²) in [5, 5.41) is 0. The van der Waals surface area contributed by atoms with Gasteiger partial charge >= 0.3 is 0 Å². The van der Waals surface area contributed by atoms with E-state index in [1.807, 2.05) is 0 Å². The molecule has 0 aromatic heterocycles. The first-order chi connectivity index (χ1) is 6.59. The molecular weight excluding hydrogens is 224 g/mol. The van der Waals surface area contributed by atoms with E-state index in [0.717, 1.165) is 19.3 Å². The fourth-order valence-electron chi connectivity index (χ4n) is 1.53. The third-order valence-electron chi connectivity index (χ3n) is 2.43. The van der Waals surface area contributed by atoms with Crippen LogP contribution in [0.4, 0.5) is 0 Å². The van der Waals surface area contributed by atoms with Gasteiger partial charge in [0.25, 0.3) is 10.2 Å². The molecule has 1 saturated heterocycles. The quantitative estimate of drug-likeness (QED) is 0.685. The summed E-state index contributed by atoms with van der Waals surface area (Å²) in [6.45, 7) is 1.67. The van der Waals surface area contributed by atoms with Gasteiger partial charge in [0.2, 0.25) is 0 Å². The van der Waals surface area contributed by atoms with Gasteiger partial charge < -0.3 is 0 Å². The van der Waals surface area contributed by atoms with Crippen LogP contribution in [-0.4, -0.2) is 49.6 Å². The second-order valence-corrected chi connectivity index (χ2v) is 5.89. The summed E-state index contributed by atoms with van der Waals surface area (Å²) >= 11 is 5.52. The van der Waals surface area contributed by atoms with Crippen molar-refractivity contribution in [2.24, 2.45) is 0 Å². The summed E-state index contributed by atoms with van der Waals surface area (Å²) in [6, 6.07) is 0. The van der Waals surface area contributed by atoms with Crippen molar-refractivity contribution < 1.29 is 8.42 Å². The molecule has 0 spiro atoms. The fourth-order valence-corrected chi connectivity index (χ4v) is 3.32. The maximum absolute atomic E-state index is 11.9. The minimum absolute atomic E-state index is 0.337. The Bertz CT molecular complexity index is 263. The SMILES string of the molecule is CN(CCCl)S(=O)(=O)N1CCCCC1. The first-order valence-corrected chi connectivity index (χ1v) is 6.79. The number of hydrogen-bond donors (Lipinski definition) is 0. The smallest absolute Gasteiger partial charge is 0.195 e. The Morgan fingerprint density at radius 1 is 1.29 bits per heavy atom. The van der Waals surface area contributed by atoms with E-state index in [2.05, 4.69) is 0 Å². The van der Waals surface area contributed by atoms with Crippen LogP contribution >= 0.6 is 11.6 Å². The van der Waals surface area contributed by atoms with Crippen molar-refractivity contribution in [3.63, 3.8) is 0 Å². The molecule has 0 aromatic rings. The number of nitrogens with zero attached hydrogens (tertiary/aromatic N) is 2. The predicted octanol–water partition coefficient (Wildman–Crippen LogP) is 0.888. The molecule has 0 bridgehead atoms. The molecule has 0 aromatic carbocycles. The topological polar surface area (TPSA) is 40.6 Å². The van der Waals surface area contributed by atoms with Crippen molar-refractivity contribution in [1.29, 1.82) is 0 Å². The van der Waals surface area contributed by atoms with Gasteiger partial charge in [0.1, 0.15) is 0 Å². The average Bonchev–Trinajstić information content (AvgIpc) is 2.19. The van der Waals surface area contributed by atoms with E-state index >= 15 is 0 Å². The van der Waals surface area contributed by atoms with Gasteiger partial charge in [-0.1, -0.05) is 6.42 Å². The molecule has 14 heavy (non-hydrogen) atoms. The van der Waals surface area contributed by atoms with Gasteiger partial charge in [0.05, 0.1) is 0 Å². The minimum Gasteiger partial charge on any atom is -0.195 e. The Morgan fingerprint density at radius 2 is 1.86 bits per heavy atom. The molecular formula is C8H17ClN2O2S. The van der Waals surface area contributed by atoms with E-state index in [1.54, 1.807) is 11.4 Å². The summed E-state index contributed by atoms with van der Waals surface area (Å²) in [5.74, 6) is 0.337. The number of rotatable bonds is 4. The average molecular weight is 241 g/mol. The lowest BCUT2D eigenvalue weighted by Gasteiger charge is -2.29. The van der Waals surface area contributed by atoms with Gasteiger partial charge in [-0.2, -0.15) is 17.0 Å². The lowest BCUT2D eigenvalue weighted by molar-refractivity contribution is 0.318. The Labute approximate surface area is 91.0 Å². The number of halogens is 1. The fraction of sp³-hybridized carbons (Fsp3) is 1.00. The number of piperidine rings is 1. The molecule has 0 atom stereocenters. The summed E-state index contributed by atoms with van der Waals surface area (Å²) in [5.41, 5.74) is 0. The van der Waals surface area contributed by atoms with Crippen LogP contribution in [-0.2, 0) is 10.2 Å². The molecule has 1 aliphatic heterocycles. The second-order valence-electron chi connectivity index (χ2n) is 3.48. The van der Waals surface area contributed by atoms with Gasteiger partial charge in [-0.15, -0.1) is 11.6 Å². The summed E-state index contributed by atoms with van der Waals surface area (Å²) in [4.78, 5) is 0. The van der Waals surface area contributed by atoms with Crippen molar-refractivity contribution in [2.45, 2.75) is 19.3 Å². The normalized spacial score (nSPS) is 20.2. The molecule has 0 aliphatic carbocycles. The highest BCUT2D eigenvalue weighted by molar-refractivity contribution is 7.86. The van der Waals surface area contributed by atoms with Crippen molar-refractivity contribution in [2.75, 3.05) is 32.6 Å². The molecule has 1 fully saturated rings. The Balaban J connectivity index is 2.62. The van der Waals surface area contributed by atoms with Crippen LogP contribution in [0.5, 0.6) is 0 Å². The third-order valence-corrected chi connectivity index (χ3v) is 4.59. The lowest BCUT2D eigenvalue weighted by Crippen LogP contribution is -2.44. The zero-order chi connectivity index (χ0) is 10.6. The molecule has 84 valence electrons. The van der Waals surface area contributed by atoms with Gasteiger partial charge in [-0.05, 0) is 12.8 Å². The summed E-state index contributed by atoms with van der Waals surface area (Å²) < 4.78 is 26.6. The van der Waals surface area contributed by atoms with Crippen LogP contribution in [0.2, 0.25) is 0 Å². The highest BCUT2D eigenvalue weighted by Gasteiger charge is 2.27. The van der Waals surface area contributed by atoms with Gasteiger partial charge in [0, 0.05) is 32.6 Å². The van der Waals surface area contributed by atoms with E-state index in [4.69, 9.17) is 11.6 Å². The van der Waals surface area contributed by atoms with Crippen molar-refractivity contribution in [3.05, 3.63) is 0 Å². The maximum Gasteiger partial charge on any atom is 0.281 e. The molecule has 6 heteroatoms. The van der Waals surface area contributed by atoms with Crippen LogP contribution < -0.4 is 0 Å². The molecule has 0 saturated carbocycles. The van der Waals surface area contributed by atoms with Crippen LogP contribution in [0.3, 0.4) is 0 Å². The van der Waals surface area contributed by atoms with E-state index in [-0.39, 0.29) is 0 Å². The summed E-state index contributed by atoms with van der Waals surface area (Å²) in [6.07, 6.45) is 3.06. The first kappa shape index (κ1) is 12.2. The molecule has 0 unspecified atom stereocenters. The molecule has 1 aliphatic rings. The predicted molar refractivity (Wildman–Crippen MR) is 57.7 cm³/mol. The van der Waals surface area contributed by atoms with E-state index in [9.17, 15) is 8.42 Å². The zero-order valence-corrected chi connectivity index (χ0v) is 10.0. The van der Waals surface area contributed by atoms with Crippen LogP contribution in [0.1, 0.15) is 19.3 Å². The largest absolute Gasteiger partial charge is 0.281 e. The maximum atomic E-state index is 11.9. The number of alkyl halides is 1. The van der Waals surface area contributed by atoms with E-state index in [1.165, 1.54) is 4.31 Å². The van der Waals surface area contributed by atoms with E-state index in [0.29, 0.717) is 25.5 Å². The standard InChI is InChI=1S/C8H17ClN2O2S/c1-10(8-5-9)14(12,13)11-6-3-2-4-7-11/h2-8H2,1H3. The van der Waals surface area contributed by atoms with Crippen LogP contribution in [0, 0.1) is 0 Å². The molecule has 0 amide bonds. The van der Waals surface area contributed by atoms with Gasteiger partial charge in [-0.3, -0.25) is 0 Å². The second kappa shape index (κ2) is 5.30. The van der Waals surface area contributed by atoms with Gasteiger partial charge in [-0.25, -0.2) is 0 Å². The highest BCUT2D eigenvalue weighted by atomic mass is 35.5. The zero-order valence-electron chi connectivity index (χ0n) is 8.45. The first-order valence-electron chi connectivity index (χ1n) is 4.86. The Morgan fingerprint density at radius 3 is 2.36 bits per heavy atom. The molecule has 0 N–H and O–H groups in total. The molecule has 1 heterocycles. The Kier molecular flexibility index (Phi) is 4.63. The van der Waals surface area contributed by atoms with Crippen molar-refractivity contribution >= 4 is 21.8 Å². The lowest BCUT2D eigenvalue weighted by atomic mass is 10.2.